The van der Waals surface area contributed by atoms with Gasteiger partial charge in [0.25, 0.3) is 6.71 Å². The van der Waals surface area contributed by atoms with Gasteiger partial charge in [-0.1, -0.05) is 212 Å². The van der Waals surface area contributed by atoms with Crippen molar-refractivity contribution >= 4 is 111 Å². The smallest absolute Gasteiger partial charge is 0.252 e. The van der Waals surface area contributed by atoms with E-state index in [1.54, 1.807) is 0 Å². The van der Waals surface area contributed by atoms with Gasteiger partial charge in [-0.25, -0.2) is 9.97 Å². The molecule has 0 fully saturated rings. The van der Waals surface area contributed by atoms with Gasteiger partial charge in [0.1, 0.15) is 0 Å². The van der Waals surface area contributed by atoms with Gasteiger partial charge >= 0.3 is 0 Å². The van der Waals surface area contributed by atoms with Gasteiger partial charge in [0.2, 0.25) is 0 Å². The monoisotopic (exact) mass is 1070 g/mol. The molecule has 3 aromatic heterocycles. The number of nitrogens with zero attached hydrogens (tertiary/aromatic N) is 5. The molecule has 0 aliphatic carbocycles. The molecule has 0 amide bonds. The van der Waals surface area contributed by atoms with Gasteiger partial charge in [-0.3, -0.25) is 0 Å². The van der Waals surface area contributed by atoms with Crippen LogP contribution in [0.3, 0.4) is 0 Å². The van der Waals surface area contributed by atoms with Gasteiger partial charge in [-0.2, -0.15) is 0 Å². The molecule has 2 aliphatic heterocycles. The quantitative estimate of drug-likeness (QED) is 0.142. The van der Waals surface area contributed by atoms with Crippen LogP contribution in [0.2, 0.25) is 0 Å². The fraction of sp³-hybridized carbons (Fsp3) is 0. The number of fused-ring (bicyclic) bond motifs is 11. The molecule has 0 bridgehead atoms. The average Bonchev–Trinajstić information content (AvgIpc) is 4.29. The van der Waals surface area contributed by atoms with Crippen molar-refractivity contribution in [1.29, 1.82) is 0 Å². The summed E-state index contributed by atoms with van der Waals surface area (Å²) in [5.74, 6) is 0.686. The van der Waals surface area contributed by atoms with Gasteiger partial charge in [-0.05, 0) is 106 Å². The van der Waals surface area contributed by atoms with Crippen LogP contribution in [-0.2, 0) is 0 Å². The van der Waals surface area contributed by atoms with Crippen LogP contribution in [0.1, 0.15) is 0 Å². The first-order chi connectivity index (χ1) is 41.2. The van der Waals surface area contributed by atoms with E-state index in [0.29, 0.717) is 5.82 Å². The minimum Gasteiger partial charge on any atom is -0.311 e. The molecule has 83 heavy (non-hydrogen) atoms. The van der Waals surface area contributed by atoms with Crippen LogP contribution in [0.15, 0.2) is 291 Å². The number of benzene rings is 12. The Balaban J connectivity index is 0.897. The van der Waals surface area contributed by atoms with Crippen LogP contribution in [0, 0.1) is 0 Å². The van der Waals surface area contributed by atoms with Gasteiger partial charge in [-0.15, -0.1) is 11.3 Å². The number of hydrogen-bond acceptors (Lipinski definition) is 5. The molecule has 12 aromatic carbocycles. The Bertz CT molecular complexity index is 4970. The second kappa shape index (κ2) is 19.0. The summed E-state index contributed by atoms with van der Waals surface area (Å²) in [6.07, 6.45) is 0. The Morgan fingerprint density at radius 3 is 1.59 bits per heavy atom. The Labute approximate surface area is 485 Å². The second-order valence-corrected chi connectivity index (χ2v) is 22.6. The van der Waals surface area contributed by atoms with Crippen molar-refractivity contribution in [2.24, 2.45) is 0 Å². The molecule has 0 saturated heterocycles. The zero-order chi connectivity index (χ0) is 54.5. The third kappa shape index (κ3) is 7.48. The average molecular weight is 1070 g/mol. The lowest BCUT2D eigenvalue weighted by Gasteiger charge is -2.45. The first-order valence-corrected chi connectivity index (χ1v) is 29.2. The molecular weight excluding hydrogens is 1030 g/mol. The number of rotatable bonds is 8. The zero-order valence-electron chi connectivity index (χ0n) is 44.9. The van der Waals surface area contributed by atoms with E-state index in [-0.39, 0.29) is 6.71 Å². The molecule has 7 heteroatoms. The minimum atomic E-state index is 0.00321. The molecule has 17 rings (SSSR count). The third-order valence-electron chi connectivity index (χ3n) is 17.0. The summed E-state index contributed by atoms with van der Waals surface area (Å²) < 4.78 is 5.10. The fourth-order valence-corrected chi connectivity index (χ4v) is 14.6. The normalized spacial score (nSPS) is 12.5. The molecule has 0 radical (unpaired) electrons. The molecule has 0 atom stereocenters. The lowest BCUT2D eigenvalue weighted by molar-refractivity contribution is 1.17. The van der Waals surface area contributed by atoms with Gasteiger partial charge in [0.15, 0.2) is 5.82 Å². The Morgan fingerprint density at radius 2 is 0.880 bits per heavy atom. The predicted octanol–water partition coefficient (Wildman–Crippen LogP) is 18.4. The summed E-state index contributed by atoms with van der Waals surface area (Å²) in [7, 11) is 0. The molecule has 2 aliphatic rings. The van der Waals surface area contributed by atoms with E-state index in [9.17, 15) is 0 Å². The van der Waals surface area contributed by atoms with Crippen molar-refractivity contribution in [1.82, 2.24) is 14.5 Å². The zero-order valence-corrected chi connectivity index (χ0v) is 45.8. The second-order valence-electron chi connectivity index (χ2n) is 21.6. The van der Waals surface area contributed by atoms with Crippen LogP contribution >= 0.6 is 11.3 Å². The molecule has 0 N–H and O–H groups in total. The van der Waals surface area contributed by atoms with Gasteiger partial charge in [0, 0.05) is 87.2 Å². The molecule has 5 heterocycles. The number of thiophene rings is 1. The van der Waals surface area contributed by atoms with E-state index >= 15 is 0 Å². The summed E-state index contributed by atoms with van der Waals surface area (Å²) in [6.45, 7) is 0.00321. The Morgan fingerprint density at radius 1 is 0.337 bits per heavy atom. The maximum absolute atomic E-state index is 5.36. The highest BCUT2D eigenvalue weighted by atomic mass is 32.1. The van der Waals surface area contributed by atoms with Crippen molar-refractivity contribution in [2.75, 3.05) is 9.80 Å². The lowest BCUT2D eigenvalue weighted by Crippen LogP contribution is -2.61. The van der Waals surface area contributed by atoms with E-state index in [4.69, 9.17) is 9.97 Å². The van der Waals surface area contributed by atoms with E-state index in [1.807, 2.05) is 17.4 Å². The van der Waals surface area contributed by atoms with E-state index < -0.39 is 0 Å². The summed E-state index contributed by atoms with van der Waals surface area (Å²) in [6, 6.07) is 106. The molecule has 386 valence electrons. The molecule has 0 unspecified atom stereocenters. The molecule has 5 nitrogen and oxygen atoms in total. The number of anilines is 6. The van der Waals surface area contributed by atoms with E-state index in [0.717, 1.165) is 72.9 Å². The lowest BCUT2D eigenvalue weighted by atomic mass is 9.33. The number of hydrogen-bond donors (Lipinski definition) is 0. The summed E-state index contributed by atoms with van der Waals surface area (Å²) in [5.41, 5.74) is 23.5. The molecule has 15 aromatic rings. The molecular formula is C76H48BN5S. The van der Waals surface area contributed by atoms with Gasteiger partial charge < -0.3 is 14.4 Å². The van der Waals surface area contributed by atoms with Crippen LogP contribution < -0.4 is 26.2 Å². The fourth-order valence-electron chi connectivity index (χ4n) is 13.4. The van der Waals surface area contributed by atoms with Gasteiger partial charge in [0.05, 0.1) is 33.8 Å². The maximum Gasteiger partial charge on any atom is 0.252 e. The highest BCUT2D eigenvalue weighted by Crippen LogP contribution is 2.49. The van der Waals surface area contributed by atoms with Crippen molar-refractivity contribution < 1.29 is 0 Å². The SMILES string of the molecule is c1ccc(-c2cc(-c3ccc(-n4c5ccccc5c5c6sc7ccccc7c6ccc54)c(-c4ccc(-c5ccc6c7c5N(c5ccccc5)c5ccccc5B7c5ccccc5N6c5ccccc5)cc4)c3)nc(-c3ccccc3)n2)cc1. The van der Waals surface area contributed by atoms with Crippen LogP contribution in [-0.4, -0.2) is 21.2 Å². The predicted molar refractivity (Wildman–Crippen MR) is 350 cm³/mol. The summed E-state index contributed by atoms with van der Waals surface area (Å²) in [5, 5.41) is 5.10. The first kappa shape index (κ1) is 47.2. The van der Waals surface area contributed by atoms with Crippen molar-refractivity contribution in [2.45, 2.75) is 0 Å². The largest absolute Gasteiger partial charge is 0.311 e. The molecule has 0 spiro atoms. The van der Waals surface area contributed by atoms with Crippen LogP contribution in [0.4, 0.5) is 34.1 Å². The van der Waals surface area contributed by atoms with Crippen molar-refractivity contribution in [3.05, 3.63) is 291 Å². The topological polar surface area (TPSA) is 37.2 Å². The summed E-state index contributed by atoms with van der Waals surface area (Å²) in [4.78, 5) is 15.5. The van der Waals surface area contributed by atoms with E-state index in [1.165, 1.54) is 75.6 Å². The first-order valence-electron chi connectivity index (χ1n) is 28.3. The maximum atomic E-state index is 5.36. The Kier molecular flexibility index (Phi) is 10.8. The third-order valence-corrected chi connectivity index (χ3v) is 18.2. The number of para-hydroxylation sites is 5. The molecule has 0 saturated carbocycles. The van der Waals surface area contributed by atoms with E-state index in [2.05, 4.69) is 299 Å². The highest BCUT2D eigenvalue weighted by Gasteiger charge is 2.44. The van der Waals surface area contributed by atoms with Crippen LogP contribution in [0.5, 0.6) is 0 Å². The van der Waals surface area contributed by atoms with Crippen LogP contribution in [0.25, 0.3) is 104 Å². The Hall–Kier alpha value is -10.6. The van der Waals surface area contributed by atoms with Crippen molar-refractivity contribution in [3.63, 3.8) is 0 Å². The summed E-state index contributed by atoms with van der Waals surface area (Å²) >= 11 is 1.89. The van der Waals surface area contributed by atoms with Crippen molar-refractivity contribution in [3.8, 4) is 61.8 Å². The highest BCUT2D eigenvalue weighted by molar-refractivity contribution is 7.26. The number of aromatic nitrogens is 3. The standard InChI is InChI=1S/C76H48BN5S/c1-5-21-51(22-6-1)63-48-64(79-76(78-63)52-23-7-2-8-24-52)53-41-44-66(82-65-33-17-13-30-59(65)72-69(82)45-43-58-57-29-14-20-36-71(57)83-75(58)72)60(47-53)50-39-37-49(38-40-50)56-42-46-70-73-74(56)81(55-27-11-4-12-28-55)68-35-19-16-32-62(68)77(73)61-31-15-18-34-67(61)80(70)54-25-9-3-10-26-54/h1-48H. The minimum absolute atomic E-state index is 0.00321.